The van der Waals surface area contributed by atoms with E-state index in [2.05, 4.69) is 12.2 Å². The maximum absolute atomic E-state index is 11.7. The van der Waals surface area contributed by atoms with E-state index >= 15 is 0 Å². The summed E-state index contributed by atoms with van der Waals surface area (Å²) in [5.41, 5.74) is 0.756. The van der Waals surface area contributed by atoms with Gasteiger partial charge in [0, 0.05) is 19.3 Å². The Hall–Kier alpha value is -1.71. The third-order valence-electron chi connectivity index (χ3n) is 2.35. The zero-order chi connectivity index (χ0) is 12.0. The lowest BCUT2D eigenvalue weighted by molar-refractivity contribution is 0.247. The molecule has 0 saturated carbocycles. The highest BCUT2D eigenvalue weighted by molar-refractivity contribution is 5.91. The van der Waals surface area contributed by atoms with Crippen LogP contribution in [0.1, 0.15) is 19.8 Å². The van der Waals surface area contributed by atoms with E-state index < -0.39 is 0 Å². The minimum absolute atomic E-state index is 0.126. The number of benzene rings is 1. The first-order valence-corrected chi connectivity index (χ1v) is 5.45. The normalized spacial score (nSPS) is 9.88. The molecule has 0 bridgehead atoms. The highest BCUT2D eigenvalue weighted by Gasteiger charge is 2.09. The highest BCUT2D eigenvalue weighted by Crippen LogP contribution is 2.16. The van der Waals surface area contributed by atoms with E-state index in [0.717, 1.165) is 18.5 Å². The smallest absolute Gasteiger partial charge is 0.321 e. The number of nitrogens with one attached hydrogen (secondary N) is 1. The minimum Gasteiger partial charge on any atom is -0.508 e. The number of hydrogen-bond donors (Lipinski definition) is 2. The molecular weight excluding hydrogens is 204 g/mol. The van der Waals surface area contributed by atoms with E-state index in [-0.39, 0.29) is 11.8 Å². The Bertz CT molecular complexity index is 335. The summed E-state index contributed by atoms with van der Waals surface area (Å²) in [4.78, 5) is 13.2. The molecule has 16 heavy (non-hydrogen) atoms. The molecule has 0 aliphatic heterocycles. The van der Waals surface area contributed by atoms with Crippen LogP contribution in [-0.4, -0.2) is 24.7 Å². The number of hydrogen-bond acceptors (Lipinski definition) is 2. The molecular formula is C12H18N2O2. The Kier molecular flexibility index (Phi) is 4.64. The number of urea groups is 1. The van der Waals surface area contributed by atoms with Crippen molar-refractivity contribution in [1.29, 1.82) is 0 Å². The molecule has 0 saturated heterocycles. The van der Waals surface area contributed by atoms with Crippen LogP contribution < -0.4 is 10.2 Å². The van der Waals surface area contributed by atoms with Gasteiger partial charge in [-0.2, -0.15) is 0 Å². The van der Waals surface area contributed by atoms with Gasteiger partial charge in [-0.15, -0.1) is 0 Å². The van der Waals surface area contributed by atoms with Gasteiger partial charge >= 0.3 is 6.03 Å². The summed E-state index contributed by atoms with van der Waals surface area (Å²) in [6.07, 6.45) is 2.04. The van der Waals surface area contributed by atoms with Crippen LogP contribution in [0.2, 0.25) is 0 Å². The van der Waals surface area contributed by atoms with Crippen LogP contribution in [0, 0.1) is 0 Å². The van der Waals surface area contributed by atoms with Gasteiger partial charge in [-0.05, 0) is 30.7 Å². The zero-order valence-electron chi connectivity index (χ0n) is 9.73. The molecule has 2 amide bonds. The number of carbonyl (C=O) groups excluding carboxylic acids is 1. The average molecular weight is 222 g/mol. The quantitative estimate of drug-likeness (QED) is 0.768. The Morgan fingerprint density at radius 1 is 1.38 bits per heavy atom. The summed E-state index contributed by atoms with van der Waals surface area (Å²) in [6, 6.07) is 6.40. The third-order valence-corrected chi connectivity index (χ3v) is 2.35. The van der Waals surface area contributed by atoms with Crippen LogP contribution >= 0.6 is 0 Å². The van der Waals surface area contributed by atoms with Crippen LogP contribution in [-0.2, 0) is 0 Å². The molecule has 1 rings (SSSR count). The van der Waals surface area contributed by atoms with E-state index in [4.69, 9.17) is 5.11 Å². The second-order valence-electron chi connectivity index (χ2n) is 3.66. The second kappa shape index (κ2) is 6.00. The van der Waals surface area contributed by atoms with E-state index in [9.17, 15) is 4.79 Å². The number of phenols is 1. The van der Waals surface area contributed by atoms with Gasteiger partial charge < -0.3 is 10.4 Å². The second-order valence-corrected chi connectivity index (χ2v) is 3.66. The summed E-state index contributed by atoms with van der Waals surface area (Å²) in [5, 5.41) is 12.0. The number of aromatic hydroxyl groups is 1. The maximum Gasteiger partial charge on any atom is 0.321 e. The number of amides is 2. The first kappa shape index (κ1) is 12.4. The topological polar surface area (TPSA) is 52.6 Å². The molecule has 2 N–H and O–H groups in total. The van der Waals surface area contributed by atoms with Crippen LogP contribution in [0.4, 0.5) is 10.5 Å². The number of unbranched alkanes of at least 4 members (excludes halogenated alkanes) is 1. The van der Waals surface area contributed by atoms with Crippen molar-refractivity contribution in [2.75, 3.05) is 18.5 Å². The Morgan fingerprint density at radius 3 is 2.56 bits per heavy atom. The van der Waals surface area contributed by atoms with Gasteiger partial charge in [0.2, 0.25) is 0 Å². The fourth-order valence-electron chi connectivity index (χ4n) is 1.28. The standard InChI is InChI=1S/C12H18N2O2/c1-3-4-9-13-12(16)14(2)10-5-7-11(15)8-6-10/h5-8,15H,3-4,9H2,1-2H3,(H,13,16). The van der Waals surface area contributed by atoms with Gasteiger partial charge in [0.25, 0.3) is 0 Å². The van der Waals surface area contributed by atoms with Crippen molar-refractivity contribution in [3.8, 4) is 5.75 Å². The summed E-state index contributed by atoms with van der Waals surface area (Å²) in [6.45, 7) is 2.77. The van der Waals surface area contributed by atoms with Crippen molar-refractivity contribution < 1.29 is 9.90 Å². The van der Waals surface area contributed by atoms with Crippen molar-refractivity contribution in [1.82, 2.24) is 5.32 Å². The number of carbonyl (C=O) groups is 1. The SMILES string of the molecule is CCCCNC(=O)N(C)c1ccc(O)cc1. The predicted octanol–water partition coefficient (Wildman–Crippen LogP) is 2.34. The molecule has 4 nitrogen and oxygen atoms in total. The molecule has 0 heterocycles. The lowest BCUT2D eigenvalue weighted by Gasteiger charge is -2.17. The van der Waals surface area contributed by atoms with Crippen molar-refractivity contribution in [2.24, 2.45) is 0 Å². The molecule has 0 fully saturated rings. The Balaban J connectivity index is 2.53. The fraction of sp³-hybridized carbons (Fsp3) is 0.417. The summed E-state index contributed by atoms with van der Waals surface area (Å²) >= 11 is 0. The van der Waals surface area contributed by atoms with Crippen LogP contribution in [0.25, 0.3) is 0 Å². The molecule has 1 aromatic carbocycles. The van der Waals surface area contributed by atoms with E-state index in [0.29, 0.717) is 6.54 Å². The molecule has 0 atom stereocenters. The number of anilines is 1. The number of phenolic OH excluding ortho intramolecular Hbond substituents is 1. The highest BCUT2D eigenvalue weighted by atomic mass is 16.3. The maximum atomic E-state index is 11.7. The van der Waals surface area contributed by atoms with Gasteiger partial charge in [0.15, 0.2) is 0 Å². The third kappa shape index (κ3) is 3.46. The first-order chi connectivity index (χ1) is 7.65. The van der Waals surface area contributed by atoms with E-state index in [1.807, 2.05) is 0 Å². The molecule has 0 aliphatic carbocycles. The summed E-state index contributed by atoms with van der Waals surface area (Å²) < 4.78 is 0. The summed E-state index contributed by atoms with van der Waals surface area (Å²) in [5.74, 6) is 0.198. The monoisotopic (exact) mass is 222 g/mol. The molecule has 0 aromatic heterocycles. The van der Waals surface area contributed by atoms with Gasteiger partial charge in [0.05, 0.1) is 0 Å². The van der Waals surface area contributed by atoms with E-state index in [1.54, 1.807) is 31.3 Å². The molecule has 88 valence electrons. The van der Waals surface area contributed by atoms with Crippen molar-refractivity contribution >= 4 is 11.7 Å². The van der Waals surface area contributed by atoms with Crippen molar-refractivity contribution in [2.45, 2.75) is 19.8 Å². The van der Waals surface area contributed by atoms with Gasteiger partial charge in [-0.25, -0.2) is 4.79 Å². The fourth-order valence-corrected chi connectivity index (χ4v) is 1.28. The lowest BCUT2D eigenvalue weighted by Crippen LogP contribution is -2.37. The Labute approximate surface area is 95.9 Å². The van der Waals surface area contributed by atoms with Crippen molar-refractivity contribution in [3.05, 3.63) is 24.3 Å². The largest absolute Gasteiger partial charge is 0.508 e. The first-order valence-electron chi connectivity index (χ1n) is 5.45. The van der Waals surface area contributed by atoms with Gasteiger partial charge in [-0.1, -0.05) is 13.3 Å². The Morgan fingerprint density at radius 2 is 2.00 bits per heavy atom. The predicted molar refractivity (Wildman–Crippen MR) is 64.8 cm³/mol. The lowest BCUT2D eigenvalue weighted by atomic mass is 10.3. The number of rotatable bonds is 4. The summed E-state index contributed by atoms with van der Waals surface area (Å²) in [7, 11) is 1.70. The van der Waals surface area contributed by atoms with Crippen LogP contribution in [0.3, 0.4) is 0 Å². The molecule has 0 aliphatic rings. The average Bonchev–Trinajstić information content (AvgIpc) is 2.29. The van der Waals surface area contributed by atoms with Gasteiger partial charge in [-0.3, -0.25) is 4.90 Å². The van der Waals surface area contributed by atoms with Gasteiger partial charge in [0.1, 0.15) is 5.75 Å². The molecule has 0 spiro atoms. The molecule has 0 radical (unpaired) electrons. The number of nitrogens with zero attached hydrogens (tertiary/aromatic N) is 1. The van der Waals surface area contributed by atoms with E-state index in [1.165, 1.54) is 4.90 Å². The molecule has 0 unspecified atom stereocenters. The minimum atomic E-state index is -0.126. The van der Waals surface area contributed by atoms with Crippen molar-refractivity contribution in [3.63, 3.8) is 0 Å². The van der Waals surface area contributed by atoms with Crippen LogP contribution in [0.15, 0.2) is 24.3 Å². The van der Waals surface area contributed by atoms with Crippen LogP contribution in [0.5, 0.6) is 5.75 Å². The zero-order valence-corrected chi connectivity index (χ0v) is 9.73. The molecule has 1 aromatic rings. The molecule has 4 heteroatoms.